The van der Waals surface area contributed by atoms with E-state index in [9.17, 15) is 14.0 Å². The lowest BCUT2D eigenvalue weighted by Gasteiger charge is -2.15. The molecule has 1 aromatic heterocycles. The van der Waals surface area contributed by atoms with Crippen LogP contribution in [-0.4, -0.2) is 46.0 Å². The number of benzene rings is 1. The van der Waals surface area contributed by atoms with Crippen molar-refractivity contribution in [3.63, 3.8) is 0 Å². The van der Waals surface area contributed by atoms with Crippen LogP contribution in [0.3, 0.4) is 0 Å². The lowest BCUT2D eigenvalue weighted by Crippen LogP contribution is -2.32. The van der Waals surface area contributed by atoms with Crippen molar-refractivity contribution in [1.82, 2.24) is 20.4 Å². The molecular formula is C19H21FN4O3. The van der Waals surface area contributed by atoms with Gasteiger partial charge < -0.3 is 15.0 Å². The van der Waals surface area contributed by atoms with Crippen molar-refractivity contribution in [3.05, 3.63) is 47.5 Å². The molecule has 2 heterocycles. The first-order valence-electron chi connectivity index (χ1n) is 9.09. The molecule has 27 heavy (non-hydrogen) atoms. The number of carbonyl (C=O) groups is 2. The van der Waals surface area contributed by atoms with Gasteiger partial charge >= 0.3 is 0 Å². The van der Waals surface area contributed by atoms with Crippen LogP contribution in [-0.2, 0) is 11.4 Å². The summed E-state index contributed by atoms with van der Waals surface area (Å²) in [6.07, 6.45) is 2.67. The summed E-state index contributed by atoms with van der Waals surface area (Å²) in [5, 5.41) is 9.53. The highest BCUT2D eigenvalue weighted by molar-refractivity contribution is 5.92. The van der Waals surface area contributed by atoms with Crippen LogP contribution in [0.4, 0.5) is 4.39 Å². The summed E-state index contributed by atoms with van der Waals surface area (Å²) in [4.78, 5) is 26.1. The Bertz CT molecular complexity index is 849. The van der Waals surface area contributed by atoms with E-state index in [0.717, 1.165) is 12.8 Å². The van der Waals surface area contributed by atoms with Gasteiger partial charge in [0.05, 0.1) is 5.69 Å². The summed E-state index contributed by atoms with van der Waals surface area (Å²) in [5.41, 5.74) is 0.810. The van der Waals surface area contributed by atoms with Crippen molar-refractivity contribution >= 4 is 11.8 Å². The van der Waals surface area contributed by atoms with E-state index in [-0.39, 0.29) is 35.8 Å². The average Bonchev–Trinajstić information content (AvgIpc) is 3.27. The Labute approximate surface area is 155 Å². The van der Waals surface area contributed by atoms with Crippen molar-refractivity contribution in [2.75, 3.05) is 13.1 Å². The smallest absolute Gasteiger partial charge is 0.271 e. The molecule has 8 heteroatoms. The van der Waals surface area contributed by atoms with Gasteiger partial charge in [-0.2, -0.15) is 5.10 Å². The van der Waals surface area contributed by atoms with E-state index in [1.54, 1.807) is 18.2 Å². The van der Waals surface area contributed by atoms with E-state index in [1.807, 2.05) is 4.90 Å². The second-order valence-electron chi connectivity index (χ2n) is 7.05. The van der Waals surface area contributed by atoms with Crippen LogP contribution in [0.1, 0.15) is 35.4 Å². The minimum atomic E-state index is -0.443. The highest BCUT2D eigenvalue weighted by Gasteiger charge is 2.39. The van der Waals surface area contributed by atoms with Gasteiger partial charge in [0.15, 0.2) is 11.6 Å². The van der Waals surface area contributed by atoms with Crippen LogP contribution in [0.2, 0.25) is 0 Å². The van der Waals surface area contributed by atoms with Crippen LogP contribution in [0.15, 0.2) is 30.3 Å². The molecule has 1 saturated carbocycles. The number of likely N-dealkylation sites (tertiary alicyclic amines) is 1. The van der Waals surface area contributed by atoms with Crippen LogP contribution in [0, 0.1) is 11.7 Å². The van der Waals surface area contributed by atoms with Gasteiger partial charge in [-0.05, 0) is 31.0 Å². The van der Waals surface area contributed by atoms with Gasteiger partial charge in [0, 0.05) is 31.5 Å². The standard InChI is InChI=1S/C19H21FN4O3/c20-15-3-1-2-4-17(15)27-11-13-8-16(23-22-13)19(26)21-9-12-7-18(25)24(10-12)14-5-6-14/h1-4,8,12,14H,5-7,9-11H2,(H,21,26)(H,22,23). The van der Waals surface area contributed by atoms with E-state index in [4.69, 9.17) is 4.74 Å². The molecule has 7 nitrogen and oxygen atoms in total. The number of aromatic nitrogens is 2. The van der Waals surface area contributed by atoms with Crippen molar-refractivity contribution in [3.8, 4) is 5.75 Å². The average molecular weight is 372 g/mol. The van der Waals surface area contributed by atoms with Crippen LogP contribution in [0.5, 0.6) is 5.75 Å². The second kappa shape index (κ2) is 7.38. The number of hydrogen-bond donors (Lipinski definition) is 2. The van der Waals surface area contributed by atoms with Gasteiger partial charge in [0.25, 0.3) is 5.91 Å². The van der Waals surface area contributed by atoms with E-state index in [2.05, 4.69) is 15.5 Å². The molecule has 1 unspecified atom stereocenters. The van der Waals surface area contributed by atoms with Gasteiger partial charge in [0.2, 0.25) is 5.91 Å². The number of hydrogen-bond acceptors (Lipinski definition) is 4. The summed E-state index contributed by atoms with van der Waals surface area (Å²) in [6.45, 7) is 1.24. The minimum Gasteiger partial charge on any atom is -0.484 e. The highest BCUT2D eigenvalue weighted by atomic mass is 19.1. The van der Waals surface area contributed by atoms with Crippen LogP contribution in [0.25, 0.3) is 0 Å². The Morgan fingerprint density at radius 2 is 2.19 bits per heavy atom. The third-order valence-electron chi connectivity index (χ3n) is 4.86. The molecular weight excluding hydrogens is 351 g/mol. The number of halogens is 1. The molecule has 1 aliphatic heterocycles. The number of ether oxygens (including phenoxy) is 1. The monoisotopic (exact) mass is 372 g/mol. The van der Waals surface area contributed by atoms with Gasteiger partial charge in [-0.1, -0.05) is 12.1 Å². The SMILES string of the molecule is O=C(NCC1CC(=O)N(C2CC2)C1)c1cc(COc2ccccc2F)[nH]n1. The predicted molar refractivity (Wildman–Crippen MR) is 94.5 cm³/mol. The Balaban J connectivity index is 1.26. The molecule has 1 aliphatic carbocycles. The molecule has 142 valence electrons. The molecule has 0 radical (unpaired) electrons. The number of para-hydroxylation sites is 1. The Hall–Kier alpha value is -2.90. The van der Waals surface area contributed by atoms with Crippen LogP contribution < -0.4 is 10.1 Å². The molecule has 2 amide bonds. The lowest BCUT2D eigenvalue weighted by atomic mass is 10.1. The van der Waals surface area contributed by atoms with Gasteiger partial charge in [-0.25, -0.2) is 4.39 Å². The fourth-order valence-electron chi connectivity index (χ4n) is 3.28. The summed E-state index contributed by atoms with van der Waals surface area (Å²) < 4.78 is 18.9. The number of nitrogens with one attached hydrogen (secondary N) is 2. The molecule has 0 spiro atoms. The molecule has 0 bridgehead atoms. The number of nitrogens with zero attached hydrogens (tertiary/aromatic N) is 2. The van der Waals surface area contributed by atoms with Crippen molar-refractivity contribution in [2.45, 2.75) is 31.9 Å². The maximum atomic E-state index is 13.5. The second-order valence-corrected chi connectivity index (χ2v) is 7.05. The van der Waals surface area contributed by atoms with E-state index in [1.165, 1.54) is 12.1 Å². The van der Waals surface area contributed by atoms with Crippen LogP contribution >= 0.6 is 0 Å². The summed E-state index contributed by atoms with van der Waals surface area (Å²) in [5.74, 6) is -0.278. The molecule has 2 N–H and O–H groups in total. The topological polar surface area (TPSA) is 87.3 Å². The molecule has 2 aliphatic rings. The molecule has 4 rings (SSSR count). The fraction of sp³-hybridized carbons (Fsp3) is 0.421. The largest absolute Gasteiger partial charge is 0.484 e. The summed E-state index contributed by atoms with van der Waals surface area (Å²) >= 11 is 0. The Morgan fingerprint density at radius 1 is 1.37 bits per heavy atom. The highest BCUT2D eigenvalue weighted by Crippen LogP contribution is 2.32. The van der Waals surface area contributed by atoms with E-state index >= 15 is 0 Å². The summed E-state index contributed by atoms with van der Waals surface area (Å²) in [7, 11) is 0. The van der Waals surface area contributed by atoms with E-state index < -0.39 is 5.82 Å². The Morgan fingerprint density at radius 3 is 2.96 bits per heavy atom. The van der Waals surface area contributed by atoms with Gasteiger partial charge in [-0.3, -0.25) is 14.7 Å². The molecule has 1 saturated heterocycles. The van der Waals surface area contributed by atoms with Gasteiger partial charge in [0.1, 0.15) is 12.3 Å². The predicted octanol–water partition coefficient (Wildman–Crippen LogP) is 1.87. The molecule has 2 fully saturated rings. The van der Waals surface area contributed by atoms with Gasteiger partial charge in [-0.15, -0.1) is 0 Å². The van der Waals surface area contributed by atoms with E-state index in [0.29, 0.717) is 31.2 Å². The fourth-order valence-corrected chi connectivity index (χ4v) is 3.28. The normalized spacial score (nSPS) is 19.4. The quantitative estimate of drug-likeness (QED) is 0.777. The zero-order valence-electron chi connectivity index (χ0n) is 14.8. The maximum Gasteiger partial charge on any atom is 0.271 e. The third-order valence-corrected chi connectivity index (χ3v) is 4.86. The maximum absolute atomic E-state index is 13.5. The lowest BCUT2D eigenvalue weighted by molar-refractivity contribution is -0.128. The number of carbonyl (C=O) groups excluding carboxylic acids is 2. The number of rotatable bonds is 7. The number of amides is 2. The minimum absolute atomic E-state index is 0.0781. The number of aromatic amines is 1. The molecule has 2 aromatic rings. The van der Waals surface area contributed by atoms with Crippen molar-refractivity contribution in [2.24, 2.45) is 5.92 Å². The van der Waals surface area contributed by atoms with Crippen molar-refractivity contribution in [1.29, 1.82) is 0 Å². The first-order valence-corrected chi connectivity index (χ1v) is 9.09. The first-order chi connectivity index (χ1) is 13.1. The zero-order valence-corrected chi connectivity index (χ0v) is 14.8. The zero-order chi connectivity index (χ0) is 18.8. The first kappa shape index (κ1) is 17.5. The summed E-state index contributed by atoms with van der Waals surface area (Å²) in [6, 6.07) is 8.12. The molecule has 1 atom stereocenters. The van der Waals surface area contributed by atoms with Crippen molar-refractivity contribution < 1.29 is 18.7 Å². The molecule has 1 aromatic carbocycles. The number of H-pyrrole nitrogens is 1. The third kappa shape index (κ3) is 4.10. The Kier molecular flexibility index (Phi) is 4.79.